The molecule has 0 bridgehead atoms. The highest BCUT2D eigenvalue weighted by Gasteiger charge is 2.20. The van der Waals surface area contributed by atoms with Crippen molar-refractivity contribution < 1.29 is 9.59 Å². The number of aryl methyl sites for hydroxylation is 2. The van der Waals surface area contributed by atoms with Crippen LogP contribution in [0.15, 0.2) is 64.3 Å². The number of nitrogens with one attached hydrogen (secondary N) is 2. The van der Waals surface area contributed by atoms with Gasteiger partial charge < -0.3 is 14.9 Å². The number of fused-ring (bicyclic) bond motifs is 1. The van der Waals surface area contributed by atoms with Crippen molar-refractivity contribution in [3.63, 3.8) is 0 Å². The molecule has 0 fully saturated rings. The number of aromatic nitrogens is 3. The van der Waals surface area contributed by atoms with Crippen LogP contribution in [0.25, 0.3) is 16.7 Å². The lowest BCUT2D eigenvalue weighted by Gasteiger charge is -2.07. The fourth-order valence-electron chi connectivity index (χ4n) is 3.46. The molecule has 31 heavy (non-hydrogen) atoms. The number of rotatable bonds is 4. The summed E-state index contributed by atoms with van der Waals surface area (Å²) in [4.78, 5) is 52.8. The van der Waals surface area contributed by atoms with Crippen LogP contribution in [0.5, 0.6) is 0 Å². The molecule has 0 aliphatic rings. The van der Waals surface area contributed by atoms with E-state index in [2.05, 4.69) is 10.3 Å². The summed E-state index contributed by atoms with van der Waals surface area (Å²) >= 11 is 0. The first kappa shape index (κ1) is 20.1. The highest BCUT2D eigenvalue weighted by Crippen LogP contribution is 2.18. The van der Waals surface area contributed by atoms with Crippen molar-refractivity contribution >= 4 is 28.4 Å². The van der Waals surface area contributed by atoms with E-state index in [1.165, 1.54) is 17.7 Å². The standard InChI is InChI=1S/C23H20N4O4/c1-13-4-10-17(11-5-13)27-22(30)20-19(25-23(27)31)18(12-26(20)3)21(29)24-16-8-6-15(7-9-16)14(2)28/h4-12H,1-3H3,(H,24,29)(H,25,31). The van der Waals surface area contributed by atoms with Gasteiger partial charge >= 0.3 is 5.69 Å². The number of H-pyrrole nitrogens is 1. The largest absolute Gasteiger partial charge is 0.344 e. The zero-order valence-electron chi connectivity index (χ0n) is 17.2. The van der Waals surface area contributed by atoms with Crippen LogP contribution in [0.4, 0.5) is 5.69 Å². The quantitative estimate of drug-likeness (QED) is 0.499. The highest BCUT2D eigenvalue weighted by atomic mass is 16.2. The molecule has 2 N–H and O–H groups in total. The Balaban J connectivity index is 1.77. The SMILES string of the molecule is CC(=O)c1ccc(NC(=O)c2cn(C)c3c(=O)n(-c4ccc(C)cc4)c(=O)[nH]c23)cc1. The summed E-state index contributed by atoms with van der Waals surface area (Å²) in [6, 6.07) is 13.5. The van der Waals surface area contributed by atoms with E-state index in [9.17, 15) is 19.2 Å². The van der Waals surface area contributed by atoms with E-state index in [0.717, 1.165) is 10.1 Å². The first-order chi connectivity index (χ1) is 14.8. The number of hydrogen-bond donors (Lipinski definition) is 2. The summed E-state index contributed by atoms with van der Waals surface area (Å²) in [5.74, 6) is -0.557. The van der Waals surface area contributed by atoms with E-state index in [-0.39, 0.29) is 22.4 Å². The van der Waals surface area contributed by atoms with Gasteiger partial charge in [0.15, 0.2) is 5.78 Å². The van der Waals surface area contributed by atoms with Crippen molar-refractivity contribution in [3.8, 4) is 5.69 Å². The fraction of sp³-hybridized carbons (Fsp3) is 0.130. The number of hydrogen-bond acceptors (Lipinski definition) is 4. The molecule has 0 aliphatic carbocycles. The first-order valence-electron chi connectivity index (χ1n) is 9.60. The second-order valence-electron chi connectivity index (χ2n) is 7.37. The van der Waals surface area contributed by atoms with Crippen LogP contribution in [-0.4, -0.2) is 25.8 Å². The molecule has 0 radical (unpaired) electrons. The lowest BCUT2D eigenvalue weighted by atomic mass is 10.1. The molecule has 8 heteroatoms. The van der Waals surface area contributed by atoms with Crippen LogP contribution in [0.3, 0.4) is 0 Å². The predicted octanol–water partition coefficient (Wildman–Crippen LogP) is 2.78. The Morgan fingerprint density at radius 2 is 1.61 bits per heavy atom. The minimum absolute atomic E-state index is 0.0747. The lowest BCUT2D eigenvalue weighted by Crippen LogP contribution is -2.34. The van der Waals surface area contributed by atoms with Gasteiger partial charge in [0, 0.05) is 24.5 Å². The number of carbonyl (C=O) groups is 2. The number of amides is 1. The summed E-state index contributed by atoms with van der Waals surface area (Å²) < 4.78 is 2.57. The smallest absolute Gasteiger partial charge is 0.333 e. The fourth-order valence-corrected chi connectivity index (χ4v) is 3.46. The van der Waals surface area contributed by atoms with E-state index in [1.807, 2.05) is 19.1 Å². The van der Waals surface area contributed by atoms with Gasteiger partial charge in [-0.3, -0.25) is 14.4 Å². The maximum absolute atomic E-state index is 13.1. The van der Waals surface area contributed by atoms with Gasteiger partial charge in [0.2, 0.25) is 0 Å². The minimum atomic E-state index is -0.632. The molecular weight excluding hydrogens is 396 g/mol. The molecular formula is C23H20N4O4. The van der Waals surface area contributed by atoms with Gasteiger partial charge in [0.05, 0.1) is 16.8 Å². The predicted molar refractivity (Wildman–Crippen MR) is 118 cm³/mol. The van der Waals surface area contributed by atoms with Gasteiger partial charge in [-0.2, -0.15) is 0 Å². The summed E-state index contributed by atoms with van der Waals surface area (Å²) in [6.07, 6.45) is 1.50. The number of benzene rings is 2. The van der Waals surface area contributed by atoms with Gasteiger partial charge in [-0.05, 0) is 50.2 Å². The summed E-state index contributed by atoms with van der Waals surface area (Å²) in [5, 5.41) is 2.73. The van der Waals surface area contributed by atoms with Crippen LogP contribution in [0.1, 0.15) is 33.2 Å². The summed E-state index contributed by atoms with van der Waals surface area (Å²) in [7, 11) is 1.64. The second-order valence-corrected chi connectivity index (χ2v) is 7.37. The molecule has 0 spiro atoms. The van der Waals surface area contributed by atoms with Crippen molar-refractivity contribution in [2.75, 3.05) is 5.32 Å². The molecule has 0 atom stereocenters. The summed E-state index contributed by atoms with van der Waals surface area (Å²) in [6.45, 7) is 3.37. The maximum Gasteiger partial charge on any atom is 0.333 e. The third kappa shape index (κ3) is 3.59. The average molecular weight is 416 g/mol. The molecule has 0 aliphatic heterocycles. The normalized spacial score (nSPS) is 10.9. The molecule has 4 aromatic rings. The Morgan fingerprint density at radius 3 is 2.23 bits per heavy atom. The van der Waals surface area contributed by atoms with Gasteiger partial charge in [-0.15, -0.1) is 0 Å². The Bertz CT molecular complexity index is 1440. The Morgan fingerprint density at radius 1 is 0.968 bits per heavy atom. The van der Waals surface area contributed by atoms with E-state index in [0.29, 0.717) is 16.9 Å². The van der Waals surface area contributed by atoms with Crippen LogP contribution >= 0.6 is 0 Å². The number of ketones is 1. The molecule has 156 valence electrons. The highest BCUT2D eigenvalue weighted by molar-refractivity contribution is 6.11. The van der Waals surface area contributed by atoms with Crippen LogP contribution in [0, 0.1) is 6.92 Å². The number of aromatic amines is 1. The third-order valence-corrected chi connectivity index (χ3v) is 5.11. The molecule has 0 saturated carbocycles. The van der Waals surface area contributed by atoms with Crippen LogP contribution in [-0.2, 0) is 7.05 Å². The third-order valence-electron chi connectivity index (χ3n) is 5.11. The molecule has 1 amide bonds. The number of nitrogens with zero attached hydrogens (tertiary/aromatic N) is 2. The van der Waals surface area contributed by atoms with Crippen molar-refractivity contribution in [2.45, 2.75) is 13.8 Å². The Labute approximate surface area is 176 Å². The lowest BCUT2D eigenvalue weighted by molar-refractivity contribution is 0.101. The number of carbonyl (C=O) groups excluding carboxylic acids is 2. The van der Waals surface area contributed by atoms with E-state index in [1.54, 1.807) is 43.4 Å². The molecule has 2 heterocycles. The van der Waals surface area contributed by atoms with Crippen LogP contribution < -0.4 is 16.6 Å². The zero-order chi connectivity index (χ0) is 22.3. The van der Waals surface area contributed by atoms with Crippen molar-refractivity contribution in [3.05, 3.63) is 92.3 Å². The molecule has 0 saturated heterocycles. The molecule has 8 nitrogen and oxygen atoms in total. The van der Waals surface area contributed by atoms with Gasteiger partial charge in [0.1, 0.15) is 5.52 Å². The van der Waals surface area contributed by atoms with Gasteiger partial charge in [0.25, 0.3) is 11.5 Å². The number of Topliss-reactive ketones (excluding diaryl/α,β-unsaturated/α-hetero) is 1. The van der Waals surface area contributed by atoms with Crippen molar-refractivity contribution in [2.24, 2.45) is 7.05 Å². The monoisotopic (exact) mass is 416 g/mol. The number of anilines is 1. The molecule has 0 unspecified atom stereocenters. The van der Waals surface area contributed by atoms with Crippen molar-refractivity contribution in [1.82, 2.24) is 14.1 Å². The Hall–Kier alpha value is -4.20. The van der Waals surface area contributed by atoms with E-state index >= 15 is 0 Å². The van der Waals surface area contributed by atoms with Crippen LogP contribution in [0.2, 0.25) is 0 Å². The van der Waals surface area contributed by atoms with Crippen molar-refractivity contribution in [1.29, 1.82) is 0 Å². The van der Waals surface area contributed by atoms with E-state index < -0.39 is 17.2 Å². The zero-order valence-corrected chi connectivity index (χ0v) is 17.2. The first-order valence-corrected chi connectivity index (χ1v) is 9.60. The minimum Gasteiger partial charge on any atom is -0.344 e. The van der Waals surface area contributed by atoms with E-state index in [4.69, 9.17) is 0 Å². The molecule has 2 aromatic carbocycles. The maximum atomic E-state index is 13.1. The Kier molecular flexibility index (Phi) is 4.90. The topological polar surface area (TPSA) is 106 Å². The second kappa shape index (κ2) is 7.56. The molecule has 2 aromatic heterocycles. The molecule has 4 rings (SSSR count). The van der Waals surface area contributed by atoms with Gasteiger partial charge in [-0.1, -0.05) is 17.7 Å². The summed E-state index contributed by atoms with van der Waals surface area (Å²) in [5.41, 5.74) is 1.85. The van der Waals surface area contributed by atoms with Gasteiger partial charge in [-0.25, -0.2) is 9.36 Å². The average Bonchev–Trinajstić information content (AvgIpc) is 3.06.